The van der Waals surface area contributed by atoms with Crippen LogP contribution in [0.15, 0.2) is 24.3 Å². The van der Waals surface area contributed by atoms with Crippen molar-refractivity contribution in [1.82, 2.24) is 5.32 Å². The molecule has 0 amide bonds. The minimum atomic E-state index is -2.39. The Hall–Kier alpha value is -1.00. The molecule has 0 spiro atoms. The molecule has 1 atom stereocenters. The summed E-state index contributed by atoms with van der Waals surface area (Å²) in [7, 11) is 0. The standard InChI is InChI=1S/C13H19F2NO/c1-10-4-3-5-12(8-10)11(2)16-6-7-17-9-13(14)15/h3-5,8,11,13,16H,6-7,9H2,1-2H3. The topological polar surface area (TPSA) is 21.3 Å². The van der Waals surface area contributed by atoms with E-state index in [0.717, 1.165) is 0 Å². The Morgan fingerprint density at radius 1 is 1.35 bits per heavy atom. The number of rotatable bonds is 7. The van der Waals surface area contributed by atoms with Crippen molar-refractivity contribution in [2.75, 3.05) is 19.8 Å². The van der Waals surface area contributed by atoms with Gasteiger partial charge in [0.15, 0.2) is 0 Å². The summed E-state index contributed by atoms with van der Waals surface area (Å²) in [6.45, 7) is 4.48. The highest BCUT2D eigenvalue weighted by Gasteiger charge is 2.05. The van der Waals surface area contributed by atoms with Crippen LogP contribution < -0.4 is 5.32 Å². The van der Waals surface area contributed by atoms with E-state index in [1.54, 1.807) is 0 Å². The van der Waals surface area contributed by atoms with Gasteiger partial charge in [0.25, 0.3) is 6.43 Å². The van der Waals surface area contributed by atoms with Gasteiger partial charge in [0.1, 0.15) is 6.61 Å². The molecule has 0 saturated carbocycles. The molecule has 0 aromatic heterocycles. The molecule has 0 radical (unpaired) electrons. The van der Waals surface area contributed by atoms with Crippen molar-refractivity contribution < 1.29 is 13.5 Å². The van der Waals surface area contributed by atoms with E-state index in [2.05, 4.69) is 11.4 Å². The highest BCUT2D eigenvalue weighted by atomic mass is 19.3. The molecule has 1 aromatic rings. The second kappa shape index (κ2) is 7.35. The number of halogens is 2. The molecule has 0 saturated heterocycles. The molecular weight excluding hydrogens is 224 g/mol. The van der Waals surface area contributed by atoms with Gasteiger partial charge >= 0.3 is 0 Å². The molecule has 0 aliphatic heterocycles. The average molecular weight is 243 g/mol. The van der Waals surface area contributed by atoms with Crippen molar-refractivity contribution in [2.24, 2.45) is 0 Å². The van der Waals surface area contributed by atoms with E-state index < -0.39 is 13.0 Å². The van der Waals surface area contributed by atoms with Gasteiger partial charge in [-0.2, -0.15) is 0 Å². The van der Waals surface area contributed by atoms with Crippen LogP contribution in [0, 0.1) is 6.92 Å². The molecule has 0 bridgehead atoms. The molecule has 2 nitrogen and oxygen atoms in total. The normalized spacial score (nSPS) is 13.0. The van der Waals surface area contributed by atoms with Gasteiger partial charge in [0.2, 0.25) is 0 Å². The van der Waals surface area contributed by atoms with Crippen LogP contribution in [0.4, 0.5) is 8.78 Å². The van der Waals surface area contributed by atoms with Crippen molar-refractivity contribution in [3.05, 3.63) is 35.4 Å². The number of hydrogen-bond acceptors (Lipinski definition) is 2. The van der Waals surface area contributed by atoms with Gasteiger partial charge in [0, 0.05) is 12.6 Å². The van der Waals surface area contributed by atoms with Crippen LogP contribution in [0.3, 0.4) is 0 Å². The Labute approximate surface area is 101 Å². The predicted molar refractivity (Wildman–Crippen MR) is 64.4 cm³/mol. The molecule has 0 aliphatic rings. The second-order valence-electron chi connectivity index (χ2n) is 4.06. The van der Waals surface area contributed by atoms with E-state index >= 15 is 0 Å². The molecule has 1 N–H and O–H groups in total. The minimum absolute atomic E-state index is 0.199. The maximum Gasteiger partial charge on any atom is 0.261 e. The highest BCUT2D eigenvalue weighted by Crippen LogP contribution is 2.13. The summed E-state index contributed by atoms with van der Waals surface area (Å²) >= 11 is 0. The third kappa shape index (κ3) is 5.75. The quantitative estimate of drug-likeness (QED) is 0.743. The van der Waals surface area contributed by atoms with Crippen LogP contribution in [0.5, 0.6) is 0 Å². The first-order chi connectivity index (χ1) is 8.09. The van der Waals surface area contributed by atoms with Crippen LogP contribution >= 0.6 is 0 Å². The fraction of sp³-hybridized carbons (Fsp3) is 0.538. The zero-order valence-electron chi connectivity index (χ0n) is 10.2. The third-order valence-electron chi connectivity index (χ3n) is 2.48. The lowest BCUT2D eigenvalue weighted by molar-refractivity contribution is 0.0183. The van der Waals surface area contributed by atoms with E-state index in [0.29, 0.717) is 13.2 Å². The third-order valence-corrected chi connectivity index (χ3v) is 2.48. The number of benzene rings is 1. The molecule has 1 unspecified atom stereocenters. The van der Waals surface area contributed by atoms with E-state index in [1.807, 2.05) is 32.0 Å². The van der Waals surface area contributed by atoms with Crippen LogP contribution in [0.25, 0.3) is 0 Å². The lowest BCUT2D eigenvalue weighted by Crippen LogP contribution is -2.24. The van der Waals surface area contributed by atoms with Crippen molar-refractivity contribution in [3.63, 3.8) is 0 Å². The summed E-state index contributed by atoms with van der Waals surface area (Å²) in [5, 5.41) is 3.23. The summed E-state index contributed by atoms with van der Waals surface area (Å²) < 4.78 is 28.4. The second-order valence-corrected chi connectivity index (χ2v) is 4.06. The van der Waals surface area contributed by atoms with E-state index in [-0.39, 0.29) is 6.04 Å². The molecule has 17 heavy (non-hydrogen) atoms. The Morgan fingerprint density at radius 2 is 2.12 bits per heavy atom. The van der Waals surface area contributed by atoms with Crippen molar-refractivity contribution >= 4 is 0 Å². The molecule has 1 rings (SSSR count). The highest BCUT2D eigenvalue weighted by molar-refractivity contribution is 5.24. The first kappa shape index (κ1) is 14.1. The fourth-order valence-electron chi connectivity index (χ4n) is 1.58. The molecular formula is C13H19F2NO. The number of ether oxygens (including phenoxy) is 1. The van der Waals surface area contributed by atoms with Gasteiger partial charge in [-0.1, -0.05) is 29.8 Å². The van der Waals surface area contributed by atoms with Crippen LogP contribution in [-0.4, -0.2) is 26.2 Å². The minimum Gasteiger partial charge on any atom is -0.374 e. The molecule has 0 aliphatic carbocycles. The lowest BCUT2D eigenvalue weighted by Gasteiger charge is -2.14. The monoisotopic (exact) mass is 243 g/mol. The SMILES string of the molecule is Cc1cccc(C(C)NCCOCC(F)F)c1. The molecule has 1 aromatic carbocycles. The van der Waals surface area contributed by atoms with E-state index in [1.165, 1.54) is 11.1 Å². The summed E-state index contributed by atoms with van der Waals surface area (Å²) in [5.41, 5.74) is 2.41. The van der Waals surface area contributed by atoms with Gasteiger partial charge in [-0.3, -0.25) is 0 Å². The lowest BCUT2D eigenvalue weighted by atomic mass is 10.1. The molecule has 0 fully saturated rings. The van der Waals surface area contributed by atoms with Crippen molar-refractivity contribution in [2.45, 2.75) is 26.3 Å². The number of hydrogen-bond donors (Lipinski definition) is 1. The van der Waals surface area contributed by atoms with Crippen LogP contribution in [0.2, 0.25) is 0 Å². The van der Waals surface area contributed by atoms with Crippen LogP contribution in [0.1, 0.15) is 24.1 Å². The molecule has 0 heterocycles. The van der Waals surface area contributed by atoms with Gasteiger partial charge < -0.3 is 10.1 Å². The Kier molecular flexibility index (Phi) is 6.08. The zero-order chi connectivity index (χ0) is 12.7. The van der Waals surface area contributed by atoms with Gasteiger partial charge in [-0.25, -0.2) is 8.78 Å². The zero-order valence-corrected chi connectivity index (χ0v) is 10.2. The summed E-state index contributed by atoms with van der Waals surface area (Å²) in [4.78, 5) is 0. The Balaban J connectivity index is 2.23. The predicted octanol–water partition coefficient (Wildman–Crippen LogP) is 2.93. The number of nitrogens with one attached hydrogen (secondary N) is 1. The molecule has 96 valence electrons. The van der Waals surface area contributed by atoms with Crippen molar-refractivity contribution in [3.8, 4) is 0 Å². The largest absolute Gasteiger partial charge is 0.374 e. The maximum atomic E-state index is 11.8. The summed E-state index contributed by atoms with van der Waals surface area (Å²) in [5.74, 6) is 0. The smallest absolute Gasteiger partial charge is 0.261 e. The maximum absolute atomic E-state index is 11.8. The number of alkyl halides is 2. The molecule has 4 heteroatoms. The van der Waals surface area contributed by atoms with Crippen LogP contribution in [-0.2, 0) is 4.74 Å². The van der Waals surface area contributed by atoms with Crippen molar-refractivity contribution in [1.29, 1.82) is 0 Å². The number of aryl methyl sites for hydroxylation is 1. The summed E-state index contributed by atoms with van der Waals surface area (Å²) in [6, 6.07) is 8.41. The first-order valence-electron chi connectivity index (χ1n) is 5.75. The van der Waals surface area contributed by atoms with Gasteiger partial charge in [-0.15, -0.1) is 0 Å². The summed E-state index contributed by atoms with van der Waals surface area (Å²) in [6.07, 6.45) is -2.39. The average Bonchev–Trinajstić information content (AvgIpc) is 2.28. The fourth-order valence-corrected chi connectivity index (χ4v) is 1.58. The van der Waals surface area contributed by atoms with E-state index in [4.69, 9.17) is 4.74 Å². The van der Waals surface area contributed by atoms with Gasteiger partial charge in [0.05, 0.1) is 6.61 Å². The Morgan fingerprint density at radius 3 is 2.76 bits per heavy atom. The first-order valence-corrected chi connectivity index (χ1v) is 5.75. The van der Waals surface area contributed by atoms with E-state index in [9.17, 15) is 8.78 Å². The van der Waals surface area contributed by atoms with Gasteiger partial charge in [-0.05, 0) is 19.4 Å². The Bertz CT molecular complexity index is 331.